The Morgan fingerprint density at radius 2 is 1.78 bits per heavy atom. The van der Waals surface area contributed by atoms with Gasteiger partial charge in [-0.25, -0.2) is 0 Å². The molecule has 2 N–H and O–H groups in total. The van der Waals surface area contributed by atoms with Crippen LogP contribution in [0.5, 0.6) is 17.2 Å². The second-order valence-corrected chi connectivity index (χ2v) is 5.29. The van der Waals surface area contributed by atoms with Crippen LogP contribution in [0.3, 0.4) is 0 Å². The molecule has 27 heavy (non-hydrogen) atoms. The number of ether oxygens (including phenoxy) is 3. The van der Waals surface area contributed by atoms with Crippen LogP contribution in [0.1, 0.15) is 15.9 Å². The number of benzene rings is 2. The number of halogens is 2. The zero-order valence-electron chi connectivity index (χ0n) is 13.8. The van der Waals surface area contributed by atoms with Gasteiger partial charge in [0, 0.05) is 11.6 Å². The van der Waals surface area contributed by atoms with Gasteiger partial charge in [-0.1, -0.05) is 12.1 Å². The number of amides is 2. The molecule has 1 heterocycles. The number of hydrogen-bond donors (Lipinski definition) is 2. The number of hydrazine groups is 1. The van der Waals surface area contributed by atoms with Gasteiger partial charge in [0.05, 0.1) is 0 Å². The molecule has 3 rings (SSSR count). The first-order valence-electron chi connectivity index (χ1n) is 7.74. The van der Waals surface area contributed by atoms with Gasteiger partial charge in [-0.15, -0.1) is 0 Å². The molecule has 0 unspecified atom stereocenters. The van der Waals surface area contributed by atoms with Crippen molar-refractivity contribution in [2.45, 2.75) is 6.61 Å². The van der Waals surface area contributed by atoms with Crippen LogP contribution in [0.2, 0.25) is 0 Å². The average molecular weight is 376 g/mol. The van der Waals surface area contributed by atoms with E-state index < -0.39 is 18.4 Å². The molecule has 0 aliphatic carbocycles. The SMILES string of the molecule is O=C(/C=C/c1ccc(OC(F)F)cc1)NNC(=O)c1ccc2c(c1)OCO2. The van der Waals surface area contributed by atoms with E-state index in [1.54, 1.807) is 6.07 Å². The molecule has 1 aliphatic rings. The summed E-state index contributed by atoms with van der Waals surface area (Å²) >= 11 is 0. The highest BCUT2D eigenvalue weighted by Crippen LogP contribution is 2.32. The van der Waals surface area contributed by atoms with E-state index in [1.165, 1.54) is 48.6 Å². The Hall–Kier alpha value is -3.62. The van der Waals surface area contributed by atoms with Gasteiger partial charge in [0.1, 0.15) is 5.75 Å². The van der Waals surface area contributed by atoms with E-state index in [9.17, 15) is 18.4 Å². The van der Waals surface area contributed by atoms with Crippen molar-refractivity contribution in [2.75, 3.05) is 6.79 Å². The van der Waals surface area contributed by atoms with Crippen LogP contribution >= 0.6 is 0 Å². The number of carbonyl (C=O) groups excluding carboxylic acids is 2. The van der Waals surface area contributed by atoms with Crippen molar-refractivity contribution in [3.8, 4) is 17.2 Å². The summed E-state index contributed by atoms with van der Waals surface area (Å²) in [5.41, 5.74) is 5.38. The fourth-order valence-corrected chi connectivity index (χ4v) is 2.20. The lowest BCUT2D eigenvalue weighted by Crippen LogP contribution is -2.40. The van der Waals surface area contributed by atoms with Gasteiger partial charge in [0.15, 0.2) is 11.5 Å². The number of carbonyl (C=O) groups is 2. The average Bonchev–Trinajstić information content (AvgIpc) is 3.13. The molecular weight excluding hydrogens is 362 g/mol. The first kappa shape index (κ1) is 18.2. The summed E-state index contributed by atoms with van der Waals surface area (Å²) in [7, 11) is 0. The molecule has 0 spiro atoms. The van der Waals surface area contributed by atoms with Crippen molar-refractivity contribution < 1.29 is 32.6 Å². The fraction of sp³-hybridized carbons (Fsp3) is 0.111. The van der Waals surface area contributed by atoms with Crippen LogP contribution in [-0.2, 0) is 4.79 Å². The molecule has 140 valence electrons. The topological polar surface area (TPSA) is 85.9 Å². The maximum Gasteiger partial charge on any atom is 0.387 e. The fourth-order valence-electron chi connectivity index (χ4n) is 2.20. The first-order valence-corrected chi connectivity index (χ1v) is 7.74. The molecule has 2 aromatic rings. The van der Waals surface area contributed by atoms with Gasteiger partial charge in [-0.2, -0.15) is 8.78 Å². The van der Waals surface area contributed by atoms with Gasteiger partial charge >= 0.3 is 6.61 Å². The minimum atomic E-state index is -2.90. The second kappa shape index (κ2) is 8.17. The van der Waals surface area contributed by atoms with Crippen molar-refractivity contribution in [3.63, 3.8) is 0 Å². The second-order valence-electron chi connectivity index (χ2n) is 5.29. The summed E-state index contributed by atoms with van der Waals surface area (Å²) in [6.45, 7) is -2.80. The monoisotopic (exact) mass is 376 g/mol. The lowest BCUT2D eigenvalue weighted by molar-refractivity contribution is -0.117. The van der Waals surface area contributed by atoms with Crippen LogP contribution in [0, 0.1) is 0 Å². The van der Waals surface area contributed by atoms with E-state index >= 15 is 0 Å². The van der Waals surface area contributed by atoms with E-state index in [1.807, 2.05) is 0 Å². The predicted octanol–water partition coefficient (Wildman–Crippen LogP) is 2.49. The van der Waals surface area contributed by atoms with Crippen molar-refractivity contribution in [3.05, 3.63) is 59.7 Å². The summed E-state index contributed by atoms with van der Waals surface area (Å²) in [6, 6.07) is 10.4. The van der Waals surface area contributed by atoms with E-state index in [0.29, 0.717) is 17.1 Å². The summed E-state index contributed by atoms with van der Waals surface area (Å²) in [5, 5.41) is 0. The Morgan fingerprint density at radius 3 is 2.52 bits per heavy atom. The zero-order chi connectivity index (χ0) is 19.2. The Labute approximate surface area is 152 Å². The molecule has 0 radical (unpaired) electrons. The molecule has 0 aromatic heterocycles. The van der Waals surface area contributed by atoms with E-state index in [-0.39, 0.29) is 18.1 Å². The quantitative estimate of drug-likeness (QED) is 0.619. The van der Waals surface area contributed by atoms with Crippen molar-refractivity contribution in [2.24, 2.45) is 0 Å². The maximum absolute atomic E-state index is 12.1. The highest BCUT2D eigenvalue weighted by molar-refractivity contribution is 5.98. The number of nitrogens with one attached hydrogen (secondary N) is 2. The molecule has 1 aliphatic heterocycles. The lowest BCUT2D eigenvalue weighted by atomic mass is 10.2. The molecule has 9 heteroatoms. The summed E-state index contributed by atoms with van der Waals surface area (Å²) in [4.78, 5) is 23.8. The zero-order valence-corrected chi connectivity index (χ0v) is 13.8. The van der Waals surface area contributed by atoms with Crippen LogP contribution in [0.4, 0.5) is 8.78 Å². The number of rotatable bonds is 5. The van der Waals surface area contributed by atoms with Crippen LogP contribution in [0.15, 0.2) is 48.5 Å². The highest BCUT2D eigenvalue weighted by atomic mass is 19.3. The summed E-state index contributed by atoms with van der Waals surface area (Å²) < 4.78 is 38.7. The van der Waals surface area contributed by atoms with Crippen molar-refractivity contribution in [1.29, 1.82) is 0 Å². The highest BCUT2D eigenvalue weighted by Gasteiger charge is 2.16. The van der Waals surface area contributed by atoms with Crippen molar-refractivity contribution in [1.82, 2.24) is 10.9 Å². The lowest BCUT2D eigenvalue weighted by Gasteiger charge is -2.06. The molecule has 7 nitrogen and oxygen atoms in total. The minimum absolute atomic E-state index is 0.0163. The van der Waals surface area contributed by atoms with Crippen LogP contribution in [-0.4, -0.2) is 25.2 Å². The Balaban J connectivity index is 1.50. The molecule has 0 atom stereocenters. The van der Waals surface area contributed by atoms with Gasteiger partial charge in [0.25, 0.3) is 11.8 Å². The number of alkyl halides is 2. The number of hydrogen-bond acceptors (Lipinski definition) is 5. The van der Waals surface area contributed by atoms with Gasteiger partial charge in [0.2, 0.25) is 6.79 Å². The van der Waals surface area contributed by atoms with E-state index in [2.05, 4.69) is 15.6 Å². The third kappa shape index (κ3) is 4.94. The van der Waals surface area contributed by atoms with E-state index in [4.69, 9.17) is 9.47 Å². The Bertz CT molecular complexity index is 869. The normalized spacial score (nSPS) is 12.3. The Morgan fingerprint density at radius 1 is 1.04 bits per heavy atom. The molecule has 2 amide bonds. The van der Waals surface area contributed by atoms with Gasteiger partial charge in [-0.3, -0.25) is 20.4 Å². The van der Waals surface area contributed by atoms with Gasteiger partial charge < -0.3 is 14.2 Å². The van der Waals surface area contributed by atoms with Crippen LogP contribution in [0.25, 0.3) is 6.08 Å². The summed E-state index contributed by atoms with van der Waals surface area (Å²) in [6.07, 6.45) is 2.64. The molecule has 0 bridgehead atoms. The van der Waals surface area contributed by atoms with Crippen LogP contribution < -0.4 is 25.1 Å². The maximum atomic E-state index is 12.1. The number of fused-ring (bicyclic) bond motifs is 1. The standard InChI is InChI=1S/C18H14F2N2O5/c19-18(20)27-13-5-1-11(2-6-13)3-8-16(23)21-22-17(24)12-4-7-14-15(9-12)26-10-25-14/h1-9,18H,10H2,(H,21,23)(H,22,24)/b8-3+. The van der Waals surface area contributed by atoms with Gasteiger partial charge in [-0.05, 0) is 42.0 Å². The minimum Gasteiger partial charge on any atom is -0.454 e. The smallest absolute Gasteiger partial charge is 0.387 e. The molecule has 0 saturated heterocycles. The third-order valence-corrected chi connectivity index (χ3v) is 3.47. The molecular formula is C18H14F2N2O5. The van der Waals surface area contributed by atoms with E-state index in [0.717, 1.165) is 0 Å². The third-order valence-electron chi connectivity index (χ3n) is 3.47. The molecule has 2 aromatic carbocycles. The first-order chi connectivity index (χ1) is 13.0. The largest absolute Gasteiger partial charge is 0.454 e. The summed E-state index contributed by atoms with van der Waals surface area (Å²) in [5.74, 6) is -0.0835. The Kier molecular flexibility index (Phi) is 5.50. The molecule has 0 saturated carbocycles. The molecule has 0 fully saturated rings. The predicted molar refractivity (Wildman–Crippen MR) is 90.3 cm³/mol. The van der Waals surface area contributed by atoms with Crippen molar-refractivity contribution >= 4 is 17.9 Å².